The SMILES string of the molecule is CC1(C)CCCC(NCCc2ncno2)CC1. The van der Waals surface area contributed by atoms with Crippen LogP contribution in [0.1, 0.15) is 51.8 Å². The largest absolute Gasteiger partial charge is 0.340 e. The average molecular weight is 237 g/mol. The standard InChI is InChI=1S/C13H23N3O/c1-13(2)7-3-4-11(5-8-13)14-9-6-12-15-10-16-17-12/h10-11,14H,3-9H2,1-2H3. The van der Waals surface area contributed by atoms with Crippen molar-refractivity contribution in [1.29, 1.82) is 0 Å². The van der Waals surface area contributed by atoms with E-state index in [2.05, 4.69) is 29.3 Å². The van der Waals surface area contributed by atoms with Gasteiger partial charge in [0.1, 0.15) is 0 Å². The summed E-state index contributed by atoms with van der Waals surface area (Å²) in [5.74, 6) is 0.728. The van der Waals surface area contributed by atoms with E-state index in [0.29, 0.717) is 11.5 Å². The van der Waals surface area contributed by atoms with Gasteiger partial charge in [-0.05, 0) is 31.1 Å². The molecule has 1 aromatic heterocycles. The highest BCUT2D eigenvalue weighted by Gasteiger charge is 2.23. The van der Waals surface area contributed by atoms with Crippen molar-refractivity contribution in [3.63, 3.8) is 0 Å². The van der Waals surface area contributed by atoms with Crippen LogP contribution >= 0.6 is 0 Å². The molecule has 0 aromatic carbocycles. The zero-order valence-corrected chi connectivity index (χ0v) is 10.9. The molecule has 17 heavy (non-hydrogen) atoms. The zero-order chi connectivity index (χ0) is 12.1. The van der Waals surface area contributed by atoms with Crippen LogP contribution in [0.4, 0.5) is 0 Å². The molecule has 2 rings (SSSR count). The third-order valence-electron chi connectivity index (χ3n) is 3.75. The minimum absolute atomic E-state index is 0.531. The van der Waals surface area contributed by atoms with Crippen LogP contribution in [0.25, 0.3) is 0 Å². The van der Waals surface area contributed by atoms with Crippen LogP contribution in [0.5, 0.6) is 0 Å². The van der Waals surface area contributed by atoms with Crippen LogP contribution in [-0.2, 0) is 6.42 Å². The topological polar surface area (TPSA) is 51.0 Å². The van der Waals surface area contributed by atoms with Gasteiger partial charge in [0.15, 0.2) is 6.33 Å². The lowest BCUT2D eigenvalue weighted by molar-refractivity contribution is 0.309. The highest BCUT2D eigenvalue weighted by Crippen LogP contribution is 2.33. The summed E-state index contributed by atoms with van der Waals surface area (Å²) in [6.07, 6.45) is 8.90. The molecule has 0 radical (unpaired) electrons. The third kappa shape index (κ3) is 4.11. The molecule has 4 heteroatoms. The highest BCUT2D eigenvalue weighted by molar-refractivity contribution is 4.81. The molecule has 1 aromatic rings. The highest BCUT2D eigenvalue weighted by atomic mass is 16.5. The molecule has 1 heterocycles. The van der Waals surface area contributed by atoms with Gasteiger partial charge in [-0.25, -0.2) is 0 Å². The Morgan fingerprint density at radius 2 is 2.29 bits per heavy atom. The van der Waals surface area contributed by atoms with E-state index in [1.165, 1.54) is 38.4 Å². The van der Waals surface area contributed by atoms with E-state index in [0.717, 1.165) is 18.9 Å². The van der Waals surface area contributed by atoms with Gasteiger partial charge in [0.2, 0.25) is 5.89 Å². The minimum Gasteiger partial charge on any atom is -0.340 e. The molecule has 0 spiro atoms. The van der Waals surface area contributed by atoms with Crippen molar-refractivity contribution in [3.05, 3.63) is 12.2 Å². The maximum Gasteiger partial charge on any atom is 0.227 e. The van der Waals surface area contributed by atoms with Crippen molar-refractivity contribution < 1.29 is 4.52 Å². The predicted octanol–water partition coefficient (Wildman–Crippen LogP) is 2.56. The number of nitrogens with one attached hydrogen (secondary N) is 1. The van der Waals surface area contributed by atoms with E-state index in [1.54, 1.807) is 0 Å². The summed E-state index contributed by atoms with van der Waals surface area (Å²) in [5.41, 5.74) is 0.531. The van der Waals surface area contributed by atoms with Gasteiger partial charge in [0.25, 0.3) is 0 Å². The second-order valence-electron chi connectivity index (χ2n) is 5.83. The van der Waals surface area contributed by atoms with Crippen molar-refractivity contribution in [2.45, 2.75) is 58.4 Å². The van der Waals surface area contributed by atoms with Crippen molar-refractivity contribution in [1.82, 2.24) is 15.5 Å². The van der Waals surface area contributed by atoms with E-state index in [1.807, 2.05) is 0 Å². The second-order valence-corrected chi connectivity index (χ2v) is 5.83. The molecule has 0 bridgehead atoms. The van der Waals surface area contributed by atoms with Crippen LogP contribution in [-0.4, -0.2) is 22.7 Å². The van der Waals surface area contributed by atoms with E-state index in [4.69, 9.17) is 4.52 Å². The van der Waals surface area contributed by atoms with Gasteiger partial charge >= 0.3 is 0 Å². The zero-order valence-electron chi connectivity index (χ0n) is 10.9. The lowest BCUT2D eigenvalue weighted by Gasteiger charge is -2.22. The van der Waals surface area contributed by atoms with Crippen molar-refractivity contribution in [2.75, 3.05) is 6.54 Å². The fraction of sp³-hybridized carbons (Fsp3) is 0.846. The van der Waals surface area contributed by atoms with Gasteiger partial charge in [-0.2, -0.15) is 4.98 Å². The van der Waals surface area contributed by atoms with Gasteiger partial charge in [-0.1, -0.05) is 25.4 Å². The van der Waals surface area contributed by atoms with Gasteiger partial charge < -0.3 is 9.84 Å². The Labute approximate surface area is 103 Å². The monoisotopic (exact) mass is 237 g/mol. The first-order chi connectivity index (χ1) is 8.16. The van der Waals surface area contributed by atoms with Gasteiger partial charge in [0.05, 0.1) is 0 Å². The number of nitrogens with zero attached hydrogens (tertiary/aromatic N) is 2. The fourth-order valence-electron chi connectivity index (χ4n) is 2.55. The van der Waals surface area contributed by atoms with Crippen molar-refractivity contribution in [3.8, 4) is 0 Å². The molecule has 1 atom stereocenters. The van der Waals surface area contributed by atoms with E-state index in [9.17, 15) is 0 Å². The molecule has 1 aliphatic carbocycles. The number of rotatable bonds is 4. The Morgan fingerprint density at radius 1 is 1.41 bits per heavy atom. The summed E-state index contributed by atoms with van der Waals surface area (Å²) >= 11 is 0. The molecule has 0 amide bonds. The summed E-state index contributed by atoms with van der Waals surface area (Å²) in [6.45, 7) is 5.70. The smallest absolute Gasteiger partial charge is 0.227 e. The van der Waals surface area contributed by atoms with Gasteiger partial charge in [0, 0.05) is 19.0 Å². The Hall–Kier alpha value is -0.900. The Balaban J connectivity index is 1.69. The summed E-state index contributed by atoms with van der Waals surface area (Å²) in [4.78, 5) is 4.02. The molecule has 1 N–H and O–H groups in total. The Morgan fingerprint density at radius 3 is 3.06 bits per heavy atom. The summed E-state index contributed by atoms with van der Waals surface area (Å²) in [5, 5.41) is 7.22. The van der Waals surface area contributed by atoms with Crippen LogP contribution in [0.2, 0.25) is 0 Å². The molecule has 1 unspecified atom stereocenters. The van der Waals surface area contributed by atoms with Crippen LogP contribution in [0.3, 0.4) is 0 Å². The molecule has 1 aliphatic rings. The maximum absolute atomic E-state index is 4.98. The summed E-state index contributed by atoms with van der Waals surface area (Å²) in [6, 6.07) is 0.666. The molecular weight excluding hydrogens is 214 g/mol. The normalized spacial score (nSPS) is 24.5. The molecule has 1 fully saturated rings. The van der Waals surface area contributed by atoms with E-state index in [-0.39, 0.29) is 0 Å². The maximum atomic E-state index is 4.98. The number of hydrogen-bond acceptors (Lipinski definition) is 4. The van der Waals surface area contributed by atoms with E-state index >= 15 is 0 Å². The van der Waals surface area contributed by atoms with Crippen molar-refractivity contribution >= 4 is 0 Å². The first kappa shape index (κ1) is 12.6. The molecule has 4 nitrogen and oxygen atoms in total. The summed E-state index contributed by atoms with van der Waals surface area (Å²) < 4.78 is 4.98. The Kier molecular flexibility index (Phi) is 4.15. The number of hydrogen-bond donors (Lipinski definition) is 1. The molecule has 0 aliphatic heterocycles. The molecular formula is C13H23N3O. The first-order valence-electron chi connectivity index (χ1n) is 6.65. The average Bonchev–Trinajstić information content (AvgIpc) is 2.72. The minimum atomic E-state index is 0.531. The lowest BCUT2D eigenvalue weighted by atomic mass is 9.85. The molecule has 1 saturated carbocycles. The summed E-state index contributed by atoms with van der Waals surface area (Å²) in [7, 11) is 0. The quantitative estimate of drug-likeness (QED) is 0.818. The lowest BCUT2D eigenvalue weighted by Crippen LogP contribution is -2.30. The Bertz CT molecular complexity index is 321. The van der Waals surface area contributed by atoms with Gasteiger partial charge in [-0.3, -0.25) is 0 Å². The molecule has 0 saturated heterocycles. The van der Waals surface area contributed by atoms with Gasteiger partial charge in [-0.15, -0.1) is 0 Å². The third-order valence-corrected chi connectivity index (χ3v) is 3.75. The van der Waals surface area contributed by atoms with Crippen LogP contribution < -0.4 is 5.32 Å². The second kappa shape index (κ2) is 5.63. The van der Waals surface area contributed by atoms with Crippen LogP contribution in [0.15, 0.2) is 10.9 Å². The first-order valence-corrected chi connectivity index (χ1v) is 6.65. The predicted molar refractivity (Wildman–Crippen MR) is 66.7 cm³/mol. The van der Waals surface area contributed by atoms with E-state index < -0.39 is 0 Å². The number of aromatic nitrogens is 2. The van der Waals surface area contributed by atoms with Crippen LogP contribution in [0, 0.1) is 5.41 Å². The fourth-order valence-corrected chi connectivity index (χ4v) is 2.55. The van der Waals surface area contributed by atoms with Crippen molar-refractivity contribution in [2.24, 2.45) is 5.41 Å². The molecule has 96 valence electrons.